The Balaban J connectivity index is 3.71. The molecular formula is C4H7F3O. The molecule has 0 saturated heterocycles. The average molecular weight is 128 g/mol. The second-order valence-electron chi connectivity index (χ2n) is 1.54. The van der Waals surface area contributed by atoms with E-state index in [1.807, 2.05) is 0 Å². The van der Waals surface area contributed by atoms with Gasteiger partial charge in [-0.05, 0) is 6.92 Å². The zero-order valence-electron chi connectivity index (χ0n) is 4.37. The molecule has 0 fully saturated rings. The summed E-state index contributed by atoms with van der Waals surface area (Å²) >= 11 is 0. The molecule has 0 aromatic rings. The molecule has 1 atom stereocenters. The van der Waals surface area contributed by atoms with Crippen LogP contribution in [0.2, 0.25) is 0 Å². The van der Waals surface area contributed by atoms with Gasteiger partial charge in [-0.3, -0.25) is 0 Å². The van der Waals surface area contributed by atoms with Gasteiger partial charge in [-0.25, -0.2) is 13.2 Å². The molecular weight excluding hydrogens is 121 g/mol. The Morgan fingerprint density at radius 3 is 2.00 bits per heavy atom. The van der Waals surface area contributed by atoms with Crippen LogP contribution in [0.15, 0.2) is 0 Å². The zero-order chi connectivity index (χ0) is 6.78. The van der Waals surface area contributed by atoms with Crippen LogP contribution in [-0.2, 0) is 0 Å². The third-order valence-corrected chi connectivity index (χ3v) is 0.793. The summed E-state index contributed by atoms with van der Waals surface area (Å²) in [5, 5.41) is 7.77. The molecule has 0 aromatic carbocycles. The monoisotopic (exact) mass is 128 g/mol. The van der Waals surface area contributed by atoms with E-state index in [1.54, 1.807) is 0 Å². The summed E-state index contributed by atoms with van der Waals surface area (Å²) in [6.07, 6.45) is -2.27. The highest BCUT2D eigenvalue weighted by molar-refractivity contribution is 4.70. The largest absolute Gasteiger partial charge is 0.390 e. The van der Waals surface area contributed by atoms with Crippen molar-refractivity contribution in [1.82, 2.24) is 0 Å². The summed E-state index contributed by atoms with van der Waals surface area (Å²) in [6, 6.07) is 0. The summed E-state index contributed by atoms with van der Waals surface area (Å²) in [6.45, 7) is -0.721. The maximum Gasteiger partial charge on any atom is 0.300 e. The molecule has 0 rings (SSSR count). The minimum Gasteiger partial charge on any atom is -0.390 e. The Bertz CT molecular complexity index is 71.7. The predicted octanol–water partition coefficient (Wildman–Crippen LogP) is 0.972. The van der Waals surface area contributed by atoms with Crippen LogP contribution in [0, 0.1) is 0 Å². The molecule has 1 nitrogen and oxygen atoms in total. The Hall–Kier alpha value is -0.250. The van der Waals surface area contributed by atoms with Gasteiger partial charge in [0.2, 0.25) is 0 Å². The molecule has 0 aliphatic heterocycles. The van der Waals surface area contributed by atoms with Crippen LogP contribution >= 0.6 is 0 Å². The van der Waals surface area contributed by atoms with Crippen molar-refractivity contribution >= 4 is 0 Å². The summed E-state index contributed by atoms with van der Waals surface area (Å²) in [5.74, 6) is -3.57. The number of aliphatic hydroxyl groups is 1. The molecule has 0 amide bonds. The number of aliphatic hydroxyl groups excluding tert-OH is 1. The lowest BCUT2D eigenvalue weighted by molar-refractivity contribution is -0.101. The van der Waals surface area contributed by atoms with Crippen molar-refractivity contribution in [3.05, 3.63) is 0 Å². The third kappa shape index (κ3) is 1.69. The number of hydrogen-bond acceptors (Lipinski definition) is 1. The van der Waals surface area contributed by atoms with Crippen LogP contribution in [0.25, 0.3) is 0 Å². The van der Waals surface area contributed by atoms with Crippen LogP contribution in [0.4, 0.5) is 13.2 Å². The molecule has 0 heterocycles. The van der Waals surface area contributed by atoms with Crippen LogP contribution in [0.1, 0.15) is 6.92 Å². The van der Waals surface area contributed by atoms with Crippen molar-refractivity contribution in [3.63, 3.8) is 0 Å². The van der Waals surface area contributed by atoms with E-state index in [9.17, 15) is 13.2 Å². The Kier molecular flexibility index (Phi) is 2.27. The van der Waals surface area contributed by atoms with Crippen LogP contribution in [0.5, 0.6) is 0 Å². The van der Waals surface area contributed by atoms with Crippen LogP contribution in [0.3, 0.4) is 0 Å². The lowest BCUT2D eigenvalue weighted by atomic mass is 10.2. The minimum atomic E-state index is -3.57. The predicted molar refractivity (Wildman–Crippen MR) is 22.6 cm³/mol. The van der Waals surface area contributed by atoms with Gasteiger partial charge in [0.15, 0.2) is 6.17 Å². The summed E-state index contributed by atoms with van der Waals surface area (Å²) < 4.78 is 34.9. The second-order valence-corrected chi connectivity index (χ2v) is 1.54. The van der Waals surface area contributed by atoms with Gasteiger partial charge < -0.3 is 5.11 Å². The summed E-state index contributed by atoms with van der Waals surface area (Å²) in [4.78, 5) is 0. The second kappa shape index (κ2) is 2.35. The van der Waals surface area contributed by atoms with Gasteiger partial charge >= 0.3 is 5.92 Å². The highest BCUT2D eigenvalue weighted by atomic mass is 19.3. The van der Waals surface area contributed by atoms with Crippen molar-refractivity contribution in [2.75, 3.05) is 6.61 Å². The molecule has 0 aromatic heterocycles. The normalized spacial score (nSPS) is 16.1. The lowest BCUT2D eigenvalue weighted by Crippen LogP contribution is -2.31. The van der Waals surface area contributed by atoms with Gasteiger partial charge in [0.25, 0.3) is 0 Å². The summed E-state index contributed by atoms with van der Waals surface area (Å²) in [5.41, 5.74) is 0. The molecule has 50 valence electrons. The van der Waals surface area contributed by atoms with Crippen molar-refractivity contribution in [2.24, 2.45) is 0 Å². The molecule has 0 aliphatic carbocycles. The molecule has 1 N–H and O–H groups in total. The smallest absolute Gasteiger partial charge is 0.300 e. The van der Waals surface area contributed by atoms with Gasteiger partial charge in [0, 0.05) is 0 Å². The van der Waals surface area contributed by atoms with Crippen LogP contribution in [-0.4, -0.2) is 23.8 Å². The van der Waals surface area contributed by atoms with Crippen molar-refractivity contribution < 1.29 is 18.3 Å². The first-order valence-electron chi connectivity index (χ1n) is 2.13. The molecule has 0 radical (unpaired) electrons. The standard InChI is InChI=1S/C4H7F3O/c1-3(5)4(6,7)2-8/h3,8H,2H2,1H3. The van der Waals surface area contributed by atoms with Gasteiger partial charge in [-0.15, -0.1) is 0 Å². The van der Waals surface area contributed by atoms with Crippen molar-refractivity contribution in [1.29, 1.82) is 0 Å². The summed E-state index contributed by atoms with van der Waals surface area (Å²) in [7, 11) is 0. The molecule has 0 saturated carbocycles. The highest BCUT2D eigenvalue weighted by Gasteiger charge is 2.35. The SMILES string of the molecule is CC(F)C(F)(F)CO. The van der Waals surface area contributed by atoms with E-state index in [0.29, 0.717) is 6.92 Å². The zero-order valence-corrected chi connectivity index (χ0v) is 4.37. The van der Waals surface area contributed by atoms with E-state index in [1.165, 1.54) is 0 Å². The highest BCUT2D eigenvalue weighted by Crippen LogP contribution is 2.19. The Labute approximate surface area is 45.1 Å². The van der Waals surface area contributed by atoms with Gasteiger partial charge in [0.1, 0.15) is 6.61 Å². The number of halogens is 3. The first-order chi connectivity index (χ1) is 3.50. The van der Waals surface area contributed by atoms with E-state index < -0.39 is 18.7 Å². The maximum absolute atomic E-state index is 11.7. The molecule has 1 unspecified atom stereocenters. The quantitative estimate of drug-likeness (QED) is 0.587. The van der Waals surface area contributed by atoms with Gasteiger partial charge in [-0.2, -0.15) is 0 Å². The Morgan fingerprint density at radius 1 is 1.62 bits per heavy atom. The van der Waals surface area contributed by atoms with E-state index in [2.05, 4.69) is 0 Å². The Morgan fingerprint density at radius 2 is 2.00 bits per heavy atom. The van der Waals surface area contributed by atoms with E-state index in [0.717, 1.165) is 0 Å². The maximum atomic E-state index is 11.7. The number of hydrogen-bond donors (Lipinski definition) is 1. The fraction of sp³-hybridized carbons (Fsp3) is 1.00. The molecule has 4 heteroatoms. The van der Waals surface area contributed by atoms with E-state index >= 15 is 0 Å². The van der Waals surface area contributed by atoms with Gasteiger partial charge in [-0.1, -0.05) is 0 Å². The fourth-order valence-corrected chi connectivity index (χ4v) is 0.126. The number of alkyl halides is 3. The van der Waals surface area contributed by atoms with E-state index in [4.69, 9.17) is 5.11 Å². The first kappa shape index (κ1) is 7.75. The molecule has 8 heavy (non-hydrogen) atoms. The lowest BCUT2D eigenvalue weighted by Gasteiger charge is -2.12. The minimum absolute atomic E-state index is 0.705. The van der Waals surface area contributed by atoms with Crippen molar-refractivity contribution in [3.8, 4) is 0 Å². The fourth-order valence-electron chi connectivity index (χ4n) is 0.126. The van der Waals surface area contributed by atoms with Crippen molar-refractivity contribution in [2.45, 2.75) is 19.0 Å². The van der Waals surface area contributed by atoms with Crippen LogP contribution < -0.4 is 0 Å². The average Bonchev–Trinajstić information content (AvgIpc) is 1.67. The van der Waals surface area contributed by atoms with Gasteiger partial charge in [0.05, 0.1) is 0 Å². The third-order valence-electron chi connectivity index (χ3n) is 0.793. The topological polar surface area (TPSA) is 20.2 Å². The first-order valence-corrected chi connectivity index (χ1v) is 2.13. The molecule has 0 aliphatic rings. The molecule has 0 spiro atoms. The number of rotatable bonds is 2. The van der Waals surface area contributed by atoms with E-state index in [-0.39, 0.29) is 0 Å². The molecule has 0 bridgehead atoms.